The first-order valence-corrected chi connectivity index (χ1v) is 9.48. The highest BCUT2D eigenvalue weighted by Crippen LogP contribution is 2.25. The Bertz CT molecular complexity index is 1030. The molecule has 0 saturated carbocycles. The van der Waals surface area contributed by atoms with E-state index in [0.29, 0.717) is 23.6 Å². The number of rotatable bonds is 8. The van der Waals surface area contributed by atoms with Crippen molar-refractivity contribution in [1.82, 2.24) is 4.90 Å². The van der Waals surface area contributed by atoms with Crippen LogP contribution in [0.25, 0.3) is 10.8 Å². The number of hydrogen-bond donors (Lipinski definition) is 0. The lowest BCUT2D eigenvalue weighted by Crippen LogP contribution is -2.26. The van der Waals surface area contributed by atoms with Gasteiger partial charge in [-0.2, -0.15) is 0 Å². The Morgan fingerprint density at radius 3 is 2.34 bits per heavy atom. The number of nitrogens with zero attached hydrogens (tertiary/aromatic N) is 1. The Morgan fingerprint density at radius 2 is 1.62 bits per heavy atom. The van der Waals surface area contributed by atoms with E-state index in [4.69, 9.17) is 9.47 Å². The summed E-state index contributed by atoms with van der Waals surface area (Å²) in [6.45, 7) is 0.399. The van der Waals surface area contributed by atoms with Crippen molar-refractivity contribution >= 4 is 22.5 Å². The zero-order valence-corrected chi connectivity index (χ0v) is 17.0. The number of benzene rings is 3. The maximum atomic E-state index is 12.5. The van der Waals surface area contributed by atoms with Gasteiger partial charge in [0.1, 0.15) is 11.5 Å². The second-order valence-electron chi connectivity index (χ2n) is 6.91. The van der Waals surface area contributed by atoms with Gasteiger partial charge in [0, 0.05) is 43.6 Å². The lowest BCUT2D eigenvalue weighted by molar-refractivity contribution is -0.130. The predicted molar refractivity (Wildman–Crippen MR) is 114 cm³/mol. The van der Waals surface area contributed by atoms with E-state index in [0.717, 1.165) is 16.3 Å². The number of carbonyl (C=O) groups is 2. The third kappa shape index (κ3) is 4.93. The van der Waals surface area contributed by atoms with Gasteiger partial charge in [-0.05, 0) is 29.0 Å². The van der Waals surface area contributed by atoms with Crippen LogP contribution in [0, 0.1) is 0 Å². The summed E-state index contributed by atoms with van der Waals surface area (Å²) in [5.74, 6) is 1.24. The summed E-state index contributed by atoms with van der Waals surface area (Å²) in [5, 5.41) is 2.11. The third-order valence-electron chi connectivity index (χ3n) is 4.96. The smallest absolute Gasteiger partial charge is 0.223 e. The number of amides is 1. The van der Waals surface area contributed by atoms with E-state index in [9.17, 15) is 9.59 Å². The van der Waals surface area contributed by atoms with Crippen LogP contribution in [-0.2, 0) is 11.3 Å². The Hall–Kier alpha value is -3.34. The van der Waals surface area contributed by atoms with Crippen LogP contribution >= 0.6 is 0 Å². The van der Waals surface area contributed by atoms with Crippen LogP contribution in [-0.4, -0.2) is 37.9 Å². The number of fused-ring (bicyclic) bond motifs is 1. The fourth-order valence-electron chi connectivity index (χ4n) is 3.24. The number of ether oxygens (including phenoxy) is 2. The highest BCUT2D eigenvalue weighted by atomic mass is 16.5. The average Bonchev–Trinajstić information content (AvgIpc) is 2.76. The van der Waals surface area contributed by atoms with E-state index in [1.54, 1.807) is 32.2 Å². The fourth-order valence-corrected chi connectivity index (χ4v) is 3.24. The van der Waals surface area contributed by atoms with E-state index in [1.165, 1.54) is 0 Å². The SMILES string of the molecule is COc1ccc(CN(C)C(=O)CCC(=O)c2ccc3ccccc3c2)c(OC)c1. The van der Waals surface area contributed by atoms with Gasteiger partial charge in [0.05, 0.1) is 14.2 Å². The lowest BCUT2D eigenvalue weighted by atomic mass is 10.0. The molecule has 0 aliphatic heterocycles. The zero-order chi connectivity index (χ0) is 20.8. The first-order chi connectivity index (χ1) is 14.0. The molecule has 3 rings (SSSR count). The monoisotopic (exact) mass is 391 g/mol. The number of carbonyl (C=O) groups excluding carboxylic acids is 2. The number of hydrogen-bond acceptors (Lipinski definition) is 4. The molecule has 0 fully saturated rings. The van der Waals surface area contributed by atoms with Gasteiger partial charge in [0.2, 0.25) is 5.91 Å². The molecule has 0 bridgehead atoms. The molecule has 0 N–H and O–H groups in total. The number of methoxy groups -OCH3 is 2. The molecule has 0 unspecified atom stereocenters. The topological polar surface area (TPSA) is 55.8 Å². The van der Waals surface area contributed by atoms with E-state index in [1.807, 2.05) is 54.6 Å². The molecule has 1 amide bonds. The highest BCUT2D eigenvalue weighted by molar-refractivity contribution is 6.01. The van der Waals surface area contributed by atoms with Crippen molar-refractivity contribution in [2.75, 3.05) is 21.3 Å². The maximum absolute atomic E-state index is 12.5. The van der Waals surface area contributed by atoms with Gasteiger partial charge in [-0.1, -0.05) is 36.4 Å². The van der Waals surface area contributed by atoms with Crippen molar-refractivity contribution in [2.24, 2.45) is 0 Å². The van der Waals surface area contributed by atoms with E-state index < -0.39 is 0 Å². The van der Waals surface area contributed by atoms with Crippen molar-refractivity contribution in [3.63, 3.8) is 0 Å². The van der Waals surface area contributed by atoms with Gasteiger partial charge in [0.25, 0.3) is 0 Å². The third-order valence-corrected chi connectivity index (χ3v) is 4.96. The molecule has 150 valence electrons. The van der Waals surface area contributed by atoms with Crippen molar-refractivity contribution in [2.45, 2.75) is 19.4 Å². The summed E-state index contributed by atoms with van der Waals surface area (Å²) in [4.78, 5) is 26.7. The minimum Gasteiger partial charge on any atom is -0.497 e. The number of Topliss-reactive ketones (excluding diaryl/α,β-unsaturated/α-hetero) is 1. The van der Waals surface area contributed by atoms with E-state index in [-0.39, 0.29) is 24.5 Å². The van der Waals surface area contributed by atoms with Crippen LogP contribution in [0.5, 0.6) is 11.5 Å². The zero-order valence-electron chi connectivity index (χ0n) is 17.0. The molecule has 0 radical (unpaired) electrons. The Labute approximate surface area is 170 Å². The molecule has 0 aliphatic carbocycles. The largest absolute Gasteiger partial charge is 0.497 e. The molecule has 0 aliphatic rings. The van der Waals surface area contributed by atoms with Crippen molar-refractivity contribution in [3.05, 3.63) is 71.8 Å². The molecule has 5 heteroatoms. The molecule has 5 nitrogen and oxygen atoms in total. The second kappa shape index (κ2) is 9.24. The van der Waals surface area contributed by atoms with Gasteiger partial charge >= 0.3 is 0 Å². The van der Waals surface area contributed by atoms with Gasteiger partial charge in [-0.3, -0.25) is 9.59 Å². The minimum absolute atomic E-state index is 0.0282. The maximum Gasteiger partial charge on any atom is 0.223 e. The van der Waals surface area contributed by atoms with Gasteiger partial charge < -0.3 is 14.4 Å². The first-order valence-electron chi connectivity index (χ1n) is 9.48. The predicted octanol–water partition coefficient (Wildman–Crippen LogP) is 4.48. The average molecular weight is 391 g/mol. The first kappa shape index (κ1) is 20.4. The minimum atomic E-state index is -0.0861. The van der Waals surface area contributed by atoms with Crippen molar-refractivity contribution in [3.8, 4) is 11.5 Å². The summed E-state index contributed by atoms with van der Waals surface area (Å²) in [6.07, 6.45) is 0.349. The quantitative estimate of drug-likeness (QED) is 0.531. The highest BCUT2D eigenvalue weighted by Gasteiger charge is 2.15. The molecule has 0 heterocycles. The summed E-state index contributed by atoms with van der Waals surface area (Å²) in [7, 11) is 4.91. The molecule has 0 atom stereocenters. The van der Waals surface area contributed by atoms with Crippen molar-refractivity contribution in [1.29, 1.82) is 0 Å². The summed E-state index contributed by atoms with van der Waals surface area (Å²) in [5.41, 5.74) is 1.51. The van der Waals surface area contributed by atoms with Gasteiger partial charge in [-0.25, -0.2) is 0 Å². The molecule has 3 aromatic rings. The van der Waals surface area contributed by atoms with Crippen LogP contribution in [0.2, 0.25) is 0 Å². The summed E-state index contributed by atoms with van der Waals surface area (Å²) >= 11 is 0. The fraction of sp³-hybridized carbons (Fsp3) is 0.250. The van der Waals surface area contributed by atoms with Gasteiger partial charge in [-0.15, -0.1) is 0 Å². The molecule has 0 spiro atoms. The number of ketones is 1. The van der Waals surface area contributed by atoms with E-state index >= 15 is 0 Å². The van der Waals surface area contributed by atoms with Crippen molar-refractivity contribution < 1.29 is 19.1 Å². The van der Waals surface area contributed by atoms with Gasteiger partial charge in [0.15, 0.2) is 5.78 Å². The standard InChI is InChI=1S/C24H25NO4/c1-25(16-20-10-11-21(28-2)15-23(20)29-3)24(27)13-12-22(26)19-9-8-17-6-4-5-7-18(17)14-19/h4-11,14-15H,12-13,16H2,1-3H3. The van der Waals surface area contributed by atoms with E-state index in [2.05, 4.69) is 0 Å². The summed E-state index contributed by atoms with van der Waals surface area (Å²) in [6, 6.07) is 19.0. The molecular weight excluding hydrogens is 366 g/mol. The van der Waals surface area contributed by atoms with Crippen LogP contribution in [0.15, 0.2) is 60.7 Å². The molecule has 0 aromatic heterocycles. The Balaban J connectivity index is 1.60. The van der Waals surface area contributed by atoms with Crippen LogP contribution < -0.4 is 9.47 Å². The molecule has 3 aromatic carbocycles. The second-order valence-corrected chi connectivity index (χ2v) is 6.91. The Kier molecular flexibility index (Phi) is 6.50. The lowest BCUT2D eigenvalue weighted by Gasteiger charge is -2.19. The summed E-state index contributed by atoms with van der Waals surface area (Å²) < 4.78 is 10.6. The van der Waals surface area contributed by atoms with Crippen LogP contribution in [0.1, 0.15) is 28.8 Å². The molecule has 29 heavy (non-hydrogen) atoms. The Morgan fingerprint density at radius 1 is 0.862 bits per heavy atom. The van der Waals surface area contributed by atoms with Crippen LogP contribution in [0.4, 0.5) is 0 Å². The molecular formula is C24H25NO4. The molecule has 0 saturated heterocycles. The normalized spacial score (nSPS) is 10.6. The van der Waals surface area contributed by atoms with Crippen LogP contribution in [0.3, 0.4) is 0 Å².